The fraction of sp³-hybridized carbons (Fsp3) is 0.500. The highest BCUT2D eigenvalue weighted by molar-refractivity contribution is 5.96. The van der Waals surface area contributed by atoms with Crippen molar-refractivity contribution in [1.29, 1.82) is 0 Å². The van der Waals surface area contributed by atoms with Crippen molar-refractivity contribution in [3.63, 3.8) is 0 Å². The summed E-state index contributed by atoms with van der Waals surface area (Å²) in [5.74, 6) is -0.0353. The number of aldehydes is 1. The summed E-state index contributed by atoms with van der Waals surface area (Å²) < 4.78 is 0. The lowest BCUT2D eigenvalue weighted by atomic mass is 9.88. The van der Waals surface area contributed by atoms with Crippen LogP contribution >= 0.6 is 0 Å². The topological polar surface area (TPSA) is 46.2 Å². The second kappa shape index (κ2) is 5.49. The predicted octanol–water partition coefficient (Wildman–Crippen LogP) is 1.46. The number of rotatable bonds is 4. The third-order valence-electron chi connectivity index (χ3n) is 2.50. The van der Waals surface area contributed by atoms with Crippen molar-refractivity contribution in [2.45, 2.75) is 20.3 Å². The molecule has 82 valence electrons. The highest BCUT2D eigenvalue weighted by Gasteiger charge is 2.18. The molecule has 0 aliphatic heterocycles. The summed E-state index contributed by atoms with van der Waals surface area (Å²) in [7, 11) is 0. The van der Waals surface area contributed by atoms with Gasteiger partial charge in [-0.2, -0.15) is 0 Å². The zero-order valence-corrected chi connectivity index (χ0v) is 9.19. The van der Waals surface area contributed by atoms with Crippen LogP contribution in [-0.4, -0.2) is 18.7 Å². The zero-order valence-electron chi connectivity index (χ0n) is 9.19. The van der Waals surface area contributed by atoms with Crippen molar-refractivity contribution in [3.05, 3.63) is 23.8 Å². The van der Waals surface area contributed by atoms with Gasteiger partial charge in [-0.1, -0.05) is 32.1 Å². The first-order valence-corrected chi connectivity index (χ1v) is 5.32. The molecule has 0 heterocycles. The molecule has 1 amide bonds. The Morgan fingerprint density at radius 1 is 1.60 bits per heavy atom. The molecule has 1 N–H and O–H groups in total. The van der Waals surface area contributed by atoms with Crippen LogP contribution in [0.3, 0.4) is 0 Å². The van der Waals surface area contributed by atoms with Crippen molar-refractivity contribution in [3.8, 4) is 0 Å². The highest BCUT2D eigenvalue weighted by Crippen LogP contribution is 2.20. The van der Waals surface area contributed by atoms with Crippen LogP contribution in [0.1, 0.15) is 20.3 Å². The van der Waals surface area contributed by atoms with E-state index in [1.54, 1.807) is 12.2 Å². The van der Waals surface area contributed by atoms with Crippen LogP contribution in [0.15, 0.2) is 23.8 Å². The fourth-order valence-corrected chi connectivity index (χ4v) is 1.50. The van der Waals surface area contributed by atoms with Crippen molar-refractivity contribution in [2.75, 3.05) is 6.54 Å². The largest absolute Gasteiger partial charge is 0.352 e. The molecular formula is C12H17NO2. The number of carbonyl (C=O) groups is 2. The van der Waals surface area contributed by atoms with Crippen LogP contribution in [0.5, 0.6) is 0 Å². The maximum absolute atomic E-state index is 11.6. The van der Waals surface area contributed by atoms with Gasteiger partial charge in [0, 0.05) is 18.0 Å². The van der Waals surface area contributed by atoms with E-state index >= 15 is 0 Å². The van der Waals surface area contributed by atoms with Crippen LogP contribution in [0.2, 0.25) is 0 Å². The molecule has 3 nitrogen and oxygen atoms in total. The molecule has 0 saturated heterocycles. The van der Waals surface area contributed by atoms with Gasteiger partial charge >= 0.3 is 0 Å². The van der Waals surface area contributed by atoms with E-state index in [1.807, 2.05) is 19.9 Å². The van der Waals surface area contributed by atoms with E-state index in [0.29, 0.717) is 12.1 Å². The molecule has 2 atom stereocenters. The van der Waals surface area contributed by atoms with Gasteiger partial charge in [-0.25, -0.2) is 0 Å². The second-order valence-corrected chi connectivity index (χ2v) is 3.81. The molecule has 3 heteroatoms. The molecular weight excluding hydrogens is 190 g/mol. The molecule has 1 rings (SSSR count). The minimum absolute atomic E-state index is 0.0516. The Labute approximate surface area is 90.2 Å². The molecule has 15 heavy (non-hydrogen) atoms. The van der Waals surface area contributed by atoms with Gasteiger partial charge in [-0.05, 0) is 12.3 Å². The number of hydrogen-bond acceptors (Lipinski definition) is 2. The third kappa shape index (κ3) is 3.05. The lowest BCUT2D eigenvalue weighted by molar-refractivity contribution is -0.117. The molecule has 0 bridgehead atoms. The molecule has 1 aliphatic rings. The Balaban J connectivity index is 2.62. The number of hydrogen-bond donors (Lipinski definition) is 1. The molecule has 0 aromatic rings. The molecule has 1 aliphatic carbocycles. The molecule has 0 fully saturated rings. The minimum atomic E-state index is -0.0901. The van der Waals surface area contributed by atoms with Gasteiger partial charge in [-0.15, -0.1) is 0 Å². The van der Waals surface area contributed by atoms with Gasteiger partial charge < -0.3 is 10.1 Å². The van der Waals surface area contributed by atoms with E-state index in [0.717, 1.165) is 12.7 Å². The maximum Gasteiger partial charge on any atom is 0.250 e. The first kappa shape index (κ1) is 11.7. The predicted molar refractivity (Wildman–Crippen MR) is 59.2 cm³/mol. The van der Waals surface area contributed by atoms with E-state index in [1.165, 1.54) is 0 Å². The van der Waals surface area contributed by atoms with Gasteiger partial charge in [0.1, 0.15) is 6.29 Å². The van der Waals surface area contributed by atoms with E-state index in [-0.39, 0.29) is 17.7 Å². The average molecular weight is 207 g/mol. The van der Waals surface area contributed by atoms with Gasteiger partial charge in [0.2, 0.25) is 0 Å². The van der Waals surface area contributed by atoms with Gasteiger partial charge in [0.05, 0.1) is 0 Å². The standard InChI is InChI=1S/C12H17NO2/c1-3-6-13-12(15)10-4-5-11(8-14)9(2)7-10/h4-5,7-9,11H,3,6H2,1-2H3,(H,13,15). The second-order valence-electron chi connectivity index (χ2n) is 3.81. The molecule has 0 aromatic heterocycles. The molecule has 0 aromatic carbocycles. The summed E-state index contributed by atoms with van der Waals surface area (Å²) in [5.41, 5.74) is 0.661. The zero-order chi connectivity index (χ0) is 11.3. The summed E-state index contributed by atoms with van der Waals surface area (Å²) in [4.78, 5) is 22.2. The quantitative estimate of drug-likeness (QED) is 0.709. The van der Waals surface area contributed by atoms with Crippen LogP contribution < -0.4 is 5.32 Å². The number of nitrogens with one attached hydrogen (secondary N) is 1. The van der Waals surface area contributed by atoms with Crippen LogP contribution in [0, 0.1) is 11.8 Å². The normalized spacial score (nSPS) is 24.5. The third-order valence-corrected chi connectivity index (χ3v) is 2.50. The lowest BCUT2D eigenvalue weighted by Crippen LogP contribution is -2.27. The number of amides is 1. The molecule has 0 radical (unpaired) electrons. The van der Waals surface area contributed by atoms with Gasteiger partial charge in [0.15, 0.2) is 0 Å². The van der Waals surface area contributed by atoms with Gasteiger partial charge in [0.25, 0.3) is 5.91 Å². The van der Waals surface area contributed by atoms with Crippen molar-refractivity contribution in [2.24, 2.45) is 11.8 Å². The molecule has 0 spiro atoms. The summed E-state index contributed by atoms with van der Waals surface area (Å²) in [6.45, 7) is 4.64. The van der Waals surface area contributed by atoms with E-state index in [9.17, 15) is 9.59 Å². The molecule has 2 unspecified atom stereocenters. The first-order valence-electron chi connectivity index (χ1n) is 5.32. The summed E-state index contributed by atoms with van der Waals surface area (Å²) in [6, 6.07) is 0. The van der Waals surface area contributed by atoms with Crippen molar-refractivity contribution in [1.82, 2.24) is 5.32 Å². The van der Waals surface area contributed by atoms with E-state index in [4.69, 9.17) is 0 Å². The van der Waals surface area contributed by atoms with Gasteiger partial charge in [-0.3, -0.25) is 4.79 Å². The number of allylic oxidation sites excluding steroid dienone is 2. The first-order chi connectivity index (χ1) is 7.19. The summed E-state index contributed by atoms with van der Waals surface area (Å²) in [5, 5.41) is 2.81. The Bertz CT molecular complexity index is 305. The smallest absolute Gasteiger partial charge is 0.250 e. The summed E-state index contributed by atoms with van der Waals surface area (Å²) in [6.07, 6.45) is 7.21. The maximum atomic E-state index is 11.6. The molecule has 0 saturated carbocycles. The Morgan fingerprint density at radius 2 is 2.33 bits per heavy atom. The minimum Gasteiger partial charge on any atom is -0.352 e. The lowest BCUT2D eigenvalue weighted by Gasteiger charge is -2.17. The average Bonchev–Trinajstić information content (AvgIpc) is 2.25. The van der Waals surface area contributed by atoms with Crippen LogP contribution in [0.25, 0.3) is 0 Å². The Hall–Kier alpha value is -1.38. The fourth-order valence-electron chi connectivity index (χ4n) is 1.50. The summed E-state index contributed by atoms with van der Waals surface area (Å²) >= 11 is 0. The van der Waals surface area contributed by atoms with Crippen LogP contribution in [0.4, 0.5) is 0 Å². The van der Waals surface area contributed by atoms with Crippen molar-refractivity contribution < 1.29 is 9.59 Å². The highest BCUT2D eigenvalue weighted by atomic mass is 16.1. The Kier molecular flexibility index (Phi) is 4.28. The van der Waals surface area contributed by atoms with E-state index in [2.05, 4.69) is 5.32 Å². The monoisotopic (exact) mass is 207 g/mol. The number of carbonyl (C=O) groups excluding carboxylic acids is 2. The van der Waals surface area contributed by atoms with E-state index < -0.39 is 0 Å². The van der Waals surface area contributed by atoms with Crippen LogP contribution in [-0.2, 0) is 9.59 Å². The Morgan fingerprint density at radius 3 is 2.87 bits per heavy atom. The SMILES string of the molecule is CCCNC(=O)C1=CC(C)C(C=O)C=C1. The van der Waals surface area contributed by atoms with Crippen molar-refractivity contribution >= 4 is 12.2 Å².